The Morgan fingerprint density at radius 3 is 2.74 bits per heavy atom. The molecule has 0 aliphatic heterocycles. The maximum absolute atomic E-state index is 12.5. The second-order valence-electron chi connectivity index (χ2n) is 8.56. The largest absolute Gasteiger partial charge is 0.491 e. The molecule has 2 aromatic heterocycles. The Labute approximate surface area is 200 Å². The molecule has 0 aliphatic rings. The molecular formula is C26H31N3O4S. The fourth-order valence-electron chi connectivity index (χ4n) is 4.15. The van der Waals surface area contributed by atoms with Crippen LogP contribution in [-0.4, -0.2) is 67.5 Å². The van der Waals surface area contributed by atoms with E-state index in [-0.39, 0.29) is 12.4 Å². The van der Waals surface area contributed by atoms with Crippen LogP contribution in [-0.2, 0) is 9.84 Å². The van der Waals surface area contributed by atoms with E-state index < -0.39 is 9.84 Å². The molecule has 0 unspecified atom stereocenters. The summed E-state index contributed by atoms with van der Waals surface area (Å²) in [5.41, 5.74) is 4.41. The average molecular weight is 482 g/mol. The number of benzene rings is 2. The third-order valence-corrected chi connectivity index (χ3v) is 7.74. The number of hydrogen-bond donors (Lipinski definition) is 2. The van der Waals surface area contributed by atoms with Gasteiger partial charge >= 0.3 is 0 Å². The number of nitrogens with one attached hydrogen (secondary N) is 1. The summed E-state index contributed by atoms with van der Waals surface area (Å²) in [5.74, 6) is 0.791. The fourth-order valence-corrected chi connectivity index (χ4v) is 5.07. The summed E-state index contributed by atoms with van der Waals surface area (Å²) in [4.78, 5) is 10.4. The molecular weight excluding hydrogens is 450 g/mol. The Morgan fingerprint density at radius 1 is 1.15 bits per heavy atom. The van der Waals surface area contributed by atoms with Crippen LogP contribution in [0.1, 0.15) is 18.9 Å². The number of rotatable bonds is 10. The highest BCUT2D eigenvalue weighted by Crippen LogP contribution is 2.39. The van der Waals surface area contributed by atoms with Crippen LogP contribution in [0.3, 0.4) is 0 Å². The number of nitrogens with zero attached hydrogens (tertiary/aromatic N) is 2. The molecule has 0 radical (unpaired) electrons. The van der Waals surface area contributed by atoms with Gasteiger partial charge in [0.25, 0.3) is 0 Å². The van der Waals surface area contributed by atoms with E-state index in [2.05, 4.69) is 20.9 Å². The van der Waals surface area contributed by atoms with Gasteiger partial charge in [0, 0.05) is 30.1 Å². The first-order valence-electron chi connectivity index (χ1n) is 11.5. The molecule has 0 bridgehead atoms. The number of aliphatic hydroxyl groups excluding tert-OH is 1. The van der Waals surface area contributed by atoms with Crippen LogP contribution in [0.5, 0.6) is 5.75 Å². The molecule has 0 saturated carbocycles. The number of aromatic amines is 1. The predicted octanol–water partition coefficient (Wildman–Crippen LogP) is 4.18. The van der Waals surface area contributed by atoms with Crippen molar-refractivity contribution in [2.45, 2.75) is 25.2 Å². The highest BCUT2D eigenvalue weighted by Gasteiger charge is 2.18. The summed E-state index contributed by atoms with van der Waals surface area (Å²) in [6, 6.07) is 13.1. The number of sulfone groups is 1. The molecule has 2 heterocycles. The van der Waals surface area contributed by atoms with E-state index in [1.54, 1.807) is 25.1 Å². The van der Waals surface area contributed by atoms with Gasteiger partial charge in [-0.05, 0) is 67.4 Å². The molecule has 180 valence electrons. The van der Waals surface area contributed by atoms with Gasteiger partial charge in [0.2, 0.25) is 0 Å². The van der Waals surface area contributed by atoms with E-state index in [4.69, 9.17) is 9.84 Å². The minimum atomic E-state index is -3.32. The maximum atomic E-state index is 12.5. The molecule has 0 fully saturated rings. The number of hydrogen-bond acceptors (Lipinski definition) is 6. The van der Waals surface area contributed by atoms with Crippen LogP contribution >= 0.6 is 0 Å². The molecule has 4 aromatic rings. The molecule has 0 spiro atoms. The highest BCUT2D eigenvalue weighted by atomic mass is 32.2. The van der Waals surface area contributed by atoms with Crippen molar-refractivity contribution in [3.05, 3.63) is 54.2 Å². The molecule has 0 saturated heterocycles. The topological polar surface area (TPSA) is 95.5 Å². The molecule has 0 aliphatic carbocycles. The fraction of sp³-hybridized carbons (Fsp3) is 0.346. The number of fused-ring (bicyclic) bond motifs is 3. The third kappa shape index (κ3) is 4.94. The van der Waals surface area contributed by atoms with Crippen LogP contribution in [0.25, 0.3) is 33.1 Å². The van der Waals surface area contributed by atoms with Crippen molar-refractivity contribution in [2.24, 2.45) is 0 Å². The lowest BCUT2D eigenvalue weighted by atomic mass is 9.99. The van der Waals surface area contributed by atoms with Gasteiger partial charge < -0.3 is 19.7 Å². The van der Waals surface area contributed by atoms with Gasteiger partial charge in [-0.25, -0.2) is 13.4 Å². The average Bonchev–Trinajstić information content (AvgIpc) is 3.21. The van der Waals surface area contributed by atoms with E-state index in [1.807, 2.05) is 38.4 Å². The number of aryl methyl sites for hydroxylation is 1. The predicted molar refractivity (Wildman–Crippen MR) is 136 cm³/mol. The monoisotopic (exact) mass is 481 g/mol. The molecule has 4 rings (SSSR count). The van der Waals surface area contributed by atoms with Gasteiger partial charge in [0.1, 0.15) is 11.4 Å². The Kier molecular flexibility index (Phi) is 7.21. The zero-order valence-electron chi connectivity index (χ0n) is 19.8. The van der Waals surface area contributed by atoms with Crippen molar-refractivity contribution >= 4 is 31.8 Å². The van der Waals surface area contributed by atoms with Gasteiger partial charge in [0.05, 0.1) is 29.4 Å². The van der Waals surface area contributed by atoms with Crippen LogP contribution in [0.4, 0.5) is 0 Å². The molecule has 2 aromatic carbocycles. The first-order valence-corrected chi connectivity index (χ1v) is 13.2. The van der Waals surface area contributed by atoms with Crippen LogP contribution < -0.4 is 4.74 Å². The highest BCUT2D eigenvalue weighted by molar-refractivity contribution is 7.91. The summed E-state index contributed by atoms with van der Waals surface area (Å²) in [6.45, 7) is 5.80. The maximum Gasteiger partial charge on any atom is 0.178 e. The van der Waals surface area contributed by atoms with Crippen molar-refractivity contribution in [2.75, 3.05) is 39.1 Å². The smallest absolute Gasteiger partial charge is 0.178 e. The van der Waals surface area contributed by atoms with Crippen molar-refractivity contribution in [1.82, 2.24) is 14.9 Å². The Bertz CT molecular complexity index is 1410. The van der Waals surface area contributed by atoms with Gasteiger partial charge in [-0.3, -0.25) is 0 Å². The van der Waals surface area contributed by atoms with Gasteiger partial charge in [-0.2, -0.15) is 0 Å². The molecule has 2 N–H and O–H groups in total. The molecule has 8 heteroatoms. The van der Waals surface area contributed by atoms with Crippen LogP contribution in [0.2, 0.25) is 0 Å². The lowest BCUT2D eigenvalue weighted by molar-refractivity contribution is 0.208. The van der Waals surface area contributed by atoms with Gasteiger partial charge in [-0.15, -0.1) is 0 Å². The summed E-state index contributed by atoms with van der Waals surface area (Å²) < 4.78 is 31.1. The van der Waals surface area contributed by atoms with Crippen molar-refractivity contribution in [3.63, 3.8) is 0 Å². The second kappa shape index (κ2) is 10.1. The number of pyridine rings is 1. The number of aromatic nitrogens is 2. The number of H-pyrrole nitrogens is 1. The van der Waals surface area contributed by atoms with Crippen molar-refractivity contribution < 1.29 is 18.3 Å². The van der Waals surface area contributed by atoms with Crippen molar-refractivity contribution in [3.8, 4) is 16.9 Å². The van der Waals surface area contributed by atoms with E-state index in [9.17, 15) is 8.42 Å². The minimum absolute atomic E-state index is 0.0579. The Hall–Kier alpha value is -2.94. The standard InChI is InChI=1S/C26H31N3O4S/c1-4-34(31,32)20-8-5-7-19(16-20)21-9-10-23(33-14-6-11-29(3)12-13-30)25-24(21)22-15-18(2)17-27-26(22)28-25/h5,7-10,15-17,30H,4,6,11-14H2,1-3H3,(H,27,28). The minimum Gasteiger partial charge on any atom is -0.491 e. The summed E-state index contributed by atoms with van der Waals surface area (Å²) in [7, 11) is -1.34. The first kappa shape index (κ1) is 24.2. The number of ether oxygens (including phenoxy) is 1. The van der Waals surface area contributed by atoms with Gasteiger partial charge in [0.15, 0.2) is 9.84 Å². The third-order valence-electron chi connectivity index (χ3n) is 6.01. The Balaban J connectivity index is 1.77. The molecule has 34 heavy (non-hydrogen) atoms. The zero-order valence-corrected chi connectivity index (χ0v) is 20.7. The summed E-state index contributed by atoms with van der Waals surface area (Å²) in [5, 5.41) is 11.0. The quantitative estimate of drug-likeness (QED) is 0.330. The first-order chi connectivity index (χ1) is 16.3. The number of likely N-dealkylation sites (N-methyl/N-ethyl adjacent to an activating group) is 1. The van der Waals surface area contributed by atoms with E-state index in [1.165, 1.54) is 0 Å². The molecule has 0 amide bonds. The Morgan fingerprint density at radius 2 is 1.97 bits per heavy atom. The van der Waals surface area contributed by atoms with E-state index in [0.29, 0.717) is 18.0 Å². The normalized spacial score (nSPS) is 12.1. The lowest BCUT2D eigenvalue weighted by Crippen LogP contribution is -2.24. The van der Waals surface area contributed by atoms with E-state index >= 15 is 0 Å². The molecule has 7 nitrogen and oxygen atoms in total. The lowest BCUT2D eigenvalue weighted by Gasteiger charge is -2.15. The van der Waals surface area contributed by atoms with Crippen molar-refractivity contribution in [1.29, 1.82) is 0 Å². The van der Waals surface area contributed by atoms with Gasteiger partial charge in [-0.1, -0.05) is 19.1 Å². The SMILES string of the molecule is CCS(=O)(=O)c1cccc(-c2ccc(OCCCN(C)CCO)c3[nH]c4ncc(C)cc4c23)c1. The number of aliphatic hydroxyl groups is 1. The zero-order chi connectivity index (χ0) is 24.3. The second-order valence-corrected chi connectivity index (χ2v) is 10.8. The summed E-state index contributed by atoms with van der Waals surface area (Å²) >= 11 is 0. The van der Waals surface area contributed by atoms with E-state index in [0.717, 1.165) is 57.3 Å². The van der Waals surface area contributed by atoms with Crippen LogP contribution in [0, 0.1) is 6.92 Å². The molecule has 0 atom stereocenters. The summed E-state index contributed by atoms with van der Waals surface area (Å²) in [6.07, 6.45) is 2.65. The van der Waals surface area contributed by atoms with Crippen LogP contribution in [0.15, 0.2) is 53.6 Å².